The summed E-state index contributed by atoms with van der Waals surface area (Å²) in [6.07, 6.45) is 0. The smallest absolute Gasteiger partial charge is 0.264 e. The molecule has 4 aromatic rings. The van der Waals surface area contributed by atoms with Gasteiger partial charge in [0, 0.05) is 36.9 Å². The summed E-state index contributed by atoms with van der Waals surface area (Å²) in [5, 5.41) is 1.12. The molecule has 0 unspecified atom stereocenters. The molecule has 0 aliphatic carbocycles. The van der Waals surface area contributed by atoms with Gasteiger partial charge in [-0.15, -0.1) is 11.3 Å². The Kier molecular flexibility index (Phi) is 5.26. The first-order valence-corrected chi connectivity index (χ1v) is 11.1. The van der Waals surface area contributed by atoms with Gasteiger partial charge in [-0.05, 0) is 36.6 Å². The molecule has 7 heteroatoms. The molecule has 0 spiro atoms. The lowest BCUT2D eigenvalue weighted by Gasteiger charge is -2.35. The molecule has 3 heterocycles. The number of carbonyl (C=O) groups excluding carboxylic acids is 1. The number of hydrogen-bond acceptors (Lipinski definition) is 6. The minimum absolute atomic E-state index is 0.104. The van der Waals surface area contributed by atoms with Gasteiger partial charge in [-0.1, -0.05) is 36.4 Å². The average molecular weight is 431 g/mol. The van der Waals surface area contributed by atoms with Crippen LogP contribution in [0.25, 0.3) is 10.1 Å². The minimum Gasteiger partial charge on any atom is -0.439 e. The van der Waals surface area contributed by atoms with E-state index in [1.807, 2.05) is 72.5 Å². The van der Waals surface area contributed by atoms with Crippen molar-refractivity contribution >= 4 is 33.1 Å². The number of fused-ring (bicyclic) bond motifs is 1. The first-order valence-electron chi connectivity index (χ1n) is 10.3. The van der Waals surface area contributed by atoms with Crippen molar-refractivity contribution in [3.8, 4) is 11.6 Å². The number of anilines is 1. The lowest BCUT2D eigenvalue weighted by molar-refractivity contribution is 0.0751. The number of aromatic nitrogens is 2. The predicted octanol–water partition coefficient (Wildman–Crippen LogP) is 4.75. The van der Waals surface area contributed by atoms with Crippen LogP contribution in [0.5, 0.6) is 11.6 Å². The predicted molar refractivity (Wildman–Crippen MR) is 123 cm³/mol. The van der Waals surface area contributed by atoms with Crippen LogP contribution >= 0.6 is 11.3 Å². The van der Waals surface area contributed by atoms with Crippen LogP contribution in [0.4, 0.5) is 5.82 Å². The van der Waals surface area contributed by atoms with E-state index >= 15 is 0 Å². The fraction of sp³-hybridized carbons (Fsp3) is 0.208. The second-order valence-corrected chi connectivity index (χ2v) is 8.54. The van der Waals surface area contributed by atoms with Crippen LogP contribution in [-0.2, 0) is 0 Å². The monoisotopic (exact) mass is 430 g/mol. The zero-order valence-electron chi connectivity index (χ0n) is 17.2. The van der Waals surface area contributed by atoms with Crippen LogP contribution in [0.2, 0.25) is 0 Å². The molecular weight excluding hydrogens is 408 g/mol. The lowest BCUT2D eigenvalue weighted by atomic mass is 10.2. The molecule has 1 aliphatic rings. The number of carbonyl (C=O) groups is 1. The number of piperazine rings is 1. The van der Waals surface area contributed by atoms with E-state index in [2.05, 4.69) is 20.9 Å². The second-order valence-electron chi connectivity index (χ2n) is 7.45. The average Bonchev–Trinajstić information content (AvgIpc) is 3.23. The number of aryl methyl sites for hydroxylation is 1. The summed E-state index contributed by atoms with van der Waals surface area (Å²) in [7, 11) is 0. The zero-order valence-corrected chi connectivity index (χ0v) is 18.0. The van der Waals surface area contributed by atoms with E-state index in [-0.39, 0.29) is 5.91 Å². The Bertz CT molecular complexity index is 1180. The highest BCUT2D eigenvalue weighted by Gasteiger charge is 2.24. The van der Waals surface area contributed by atoms with Gasteiger partial charge in [-0.2, -0.15) is 4.98 Å². The van der Waals surface area contributed by atoms with Crippen molar-refractivity contribution in [1.82, 2.24) is 14.9 Å². The zero-order chi connectivity index (χ0) is 21.2. The van der Waals surface area contributed by atoms with E-state index in [1.54, 1.807) is 11.3 Å². The standard InChI is InChI=1S/C24H22N4O2S/c1-17-25-22(16-23(26-17)30-19-8-3-2-4-9-19)27-11-13-28(14-12-27)24(29)21-15-18-7-5-6-10-20(18)31-21/h2-10,15-16H,11-14H2,1H3. The van der Waals surface area contributed by atoms with Gasteiger partial charge in [0.1, 0.15) is 17.4 Å². The molecule has 0 atom stereocenters. The van der Waals surface area contributed by atoms with E-state index in [9.17, 15) is 4.79 Å². The van der Waals surface area contributed by atoms with Crippen molar-refractivity contribution in [2.45, 2.75) is 6.92 Å². The third-order valence-corrected chi connectivity index (χ3v) is 6.40. The molecule has 1 aliphatic heterocycles. The topological polar surface area (TPSA) is 58.6 Å². The van der Waals surface area contributed by atoms with E-state index in [4.69, 9.17) is 4.74 Å². The van der Waals surface area contributed by atoms with E-state index in [0.29, 0.717) is 24.8 Å². The molecule has 0 N–H and O–H groups in total. The summed E-state index contributed by atoms with van der Waals surface area (Å²) in [6.45, 7) is 4.62. The fourth-order valence-electron chi connectivity index (χ4n) is 3.73. The maximum Gasteiger partial charge on any atom is 0.264 e. The number of para-hydroxylation sites is 1. The third kappa shape index (κ3) is 4.22. The Morgan fingerprint density at radius 2 is 1.68 bits per heavy atom. The first-order chi connectivity index (χ1) is 15.2. The summed E-state index contributed by atoms with van der Waals surface area (Å²) < 4.78 is 7.04. The number of rotatable bonds is 4. The van der Waals surface area contributed by atoms with Crippen LogP contribution in [0.1, 0.15) is 15.5 Å². The summed E-state index contributed by atoms with van der Waals surface area (Å²) in [5.74, 6) is 2.86. The van der Waals surface area contributed by atoms with Crippen LogP contribution in [0, 0.1) is 6.92 Å². The Labute approximate surface area is 184 Å². The molecule has 1 fully saturated rings. The lowest BCUT2D eigenvalue weighted by Crippen LogP contribution is -2.49. The van der Waals surface area contributed by atoms with Crippen LogP contribution in [0.15, 0.2) is 66.7 Å². The van der Waals surface area contributed by atoms with Gasteiger partial charge in [-0.3, -0.25) is 4.79 Å². The highest BCUT2D eigenvalue weighted by Crippen LogP contribution is 2.28. The van der Waals surface area contributed by atoms with Gasteiger partial charge >= 0.3 is 0 Å². The van der Waals surface area contributed by atoms with Gasteiger partial charge in [0.2, 0.25) is 5.88 Å². The number of benzene rings is 2. The molecule has 156 valence electrons. The molecule has 0 bridgehead atoms. The molecule has 2 aromatic carbocycles. The molecule has 1 saturated heterocycles. The molecule has 2 aromatic heterocycles. The normalized spacial score (nSPS) is 14.1. The molecule has 1 amide bonds. The van der Waals surface area contributed by atoms with Crippen molar-refractivity contribution in [2.24, 2.45) is 0 Å². The largest absolute Gasteiger partial charge is 0.439 e. The van der Waals surface area contributed by atoms with Crippen LogP contribution < -0.4 is 9.64 Å². The van der Waals surface area contributed by atoms with Crippen molar-refractivity contribution in [1.29, 1.82) is 0 Å². The van der Waals surface area contributed by atoms with Crippen molar-refractivity contribution in [2.75, 3.05) is 31.1 Å². The van der Waals surface area contributed by atoms with E-state index in [0.717, 1.165) is 39.6 Å². The SMILES string of the molecule is Cc1nc(Oc2ccccc2)cc(N2CCN(C(=O)c3cc4ccccc4s3)CC2)n1. The molecule has 6 nitrogen and oxygen atoms in total. The van der Waals surface area contributed by atoms with Crippen molar-refractivity contribution < 1.29 is 9.53 Å². The third-order valence-electron chi connectivity index (χ3n) is 5.29. The molecule has 0 saturated carbocycles. The maximum absolute atomic E-state index is 13.0. The first kappa shape index (κ1) is 19.5. The van der Waals surface area contributed by atoms with E-state index in [1.165, 1.54) is 0 Å². The van der Waals surface area contributed by atoms with Gasteiger partial charge in [0.25, 0.3) is 5.91 Å². The molecule has 5 rings (SSSR count). The summed E-state index contributed by atoms with van der Waals surface area (Å²) in [6, 6.07) is 21.6. The van der Waals surface area contributed by atoms with E-state index < -0.39 is 0 Å². The van der Waals surface area contributed by atoms with Gasteiger partial charge in [-0.25, -0.2) is 4.98 Å². The van der Waals surface area contributed by atoms with Gasteiger partial charge in [0.15, 0.2) is 0 Å². The number of hydrogen-bond donors (Lipinski definition) is 0. The Hall–Kier alpha value is -3.45. The summed E-state index contributed by atoms with van der Waals surface area (Å²) >= 11 is 1.56. The van der Waals surface area contributed by atoms with Gasteiger partial charge < -0.3 is 14.5 Å². The Morgan fingerprint density at radius 3 is 2.45 bits per heavy atom. The minimum atomic E-state index is 0.104. The Balaban J connectivity index is 1.27. The number of amides is 1. The fourth-order valence-corrected chi connectivity index (χ4v) is 4.76. The Morgan fingerprint density at radius 1 is 0.935 bits per heavy atom. The molecule has 31 heavy (non-hydrogen) atoms. The quantitative estimate of drug-likeness (QED) is 0.467. The van der Waals surface area contributed by atoms with Crippen molar-refractivity contribution in [3.05, 3.63) is 77.4 Å². The number of thiophene rings is 1. The summed E-state index contributed by atoms with van der Waals surface area (Å²) in [5.41, 5.74) is 0. The summed E-state index contributed by atoms with van der Waals surface area (Å²) in [4.78, 5) is 26.9. The number of nitrogens with zero attached hydrogens (tertiary/aromatic N) is 4. The van der Waals surface area contributed by atoms with Crippen LogP contribution in [-0.4, -0.2) is 47.0 Å². The maximum atomic E-state index is 13.0. The molecule has 0 radical (unpaired) electrons. The van der Waals surface area contributed by atoms with Crippen LogP contribution in [0.3, 0.4) is 0 Å². The molecular formula is C24H22N4O2S. The highest BCUT2D eigenvalue weighted by molar-refractivity contribution is 7.20. The second kappa shape index (κ2) is 8.35. The van der Waals surface area contributed by atoms with Gasteiger partial charge in [0.05, 0.1) is 4.88 Å². The number of ether oxygens (including phenoxy) is 1. The highest BCUT2D eigenvalue weighted by atomic mass is 32.1. The van der Waals surface area contributed by atoms with Crippen molar-refractivity contribution in [3.63, 3.8) is 0 Å².